The summed E-state index contributed by atoms with van der Waals surface area (Å²) in [5, 5.41) is 24.0. The Labute approximate surface area is 118 Å². The SMILES string of the molecule is O=[N+]([O-])c1ccc(C(O)CNCC2(C3CC3)CC2)cc1. The Hall–Kier alpha value is -1.46. The number of aliphatic hydroxyl groups is 1. The smallest absolute Gasteiger partial charge is 0.269 e. The van der Waals surface area contributed by atoms with E-state index in [9.17, 15) is 15.2 Å². The summed E-state index contributed by atoms with van der Waals surface area (Å²) in [7, 11) is 0. The van der Waals surface area contributed by atoms with Gasteiger partial charge < -0.3 is 10.4 Å². The fourth-order valence-electron chi connectivity index (χ4n) is 2.98. The van der Waals surface area contributed by atoms with Gasteiger partial charge in [0, 0.05) is 25.2 Å². The fourth-order valence-corrected chi connectivity index (χ4v) is 2.98. The van der Waals surface area contributed by atoms with E-state index in [1.54, 1.807) is 12.1 Å². The fraction of sp³-hybridized carbons (Fsp3) is 0.600. The van der Waals surface area contributed by atoms with Crippen LogP contribution in [-0.2, 0) is 0 Å². The van der Waals surface area contributed by atoms with E-state index in [0.29, 0.717) is 12.0 Å². The molecule has 2 fully saturated rings. The summed E-state index contributed by atoms with van der Waals surface area (Å²) in [6, 6.07) is 6.12. The lowest BCUT2D eigenvalue weighted by Crippen LogP contribution is -2.29. The molecule has 2 aliphatic rings. The summed E-state index contributed by atoms with van der Waals surface area (Å²) in [6.45, 7) is 1.49. The van der Waals surface area contributed by atoms with Gasteiger partial charge in [-0.05, 0) is 54.7 Å². The summed E-state index contributed by atoms with van der Waals surface area (Å²) < 4.78 is 0. The van der Waals surface area contributed by atoms with E-state index >= 15 is 0 Å². The van der Waals surface area contributed by atoms with Gasteiger partial charge in [-0.3, -0.25) is 10.1 Å². The maximum Gasteiger partial charge on any atom is 0.269 e. The number of nitrogens with one attached hydrogen (secondary N) is 1. The maximum absolute atomic E-state index is 10.6. The summed E-state index contributed by atoms with van der Waals surface area (Å²) in [4.78, 5) is 10.1. The highest BCUT2D eigenvalue weighted by molar-refractivity contribution is 5.33. The second kappa shape index (κ2) is 5.14. The molecule has 0 aliphatic heterocycles. The van der Waals surface area contributed by atoms with Gasteiger partial charge >= 0.3 is 0 Å². The van der Waals surface area contributed by atoms with Crippen molar-refractivity contribution in [3.05, 3.63) is 39.9 Å². The van der Waals surface area contributed by atoms with Crippen LogP contribution in [0.5, 0.6) is 0 Å². The summed E-state index contributed by atoms with van der Waals surface area (Å²) in [5.74, 6) is 0.909. The molecule has 0 radical (unpaired) electrons. The van der Waals surface area contributed by atoms with E-state index in [2.05, 4.69) is 5.32 Å². The van der Waals surface area contributed by atoms with Crippen molar-refractivity contribution in [2.24, 2.45) is 11.3 Å². The molecule has 0 amide bonds. The minimum atomic E-state index is -0.606. The van der Waals surface area contributed by atoms with Gasteiger partial charge in [-0.1, -0.05) is 0 Å². The number of non-ortho nitro benzene ring substituents is 1. The predicted octanol–water partition coefficient (Wildman–Crippen LogP) is 2.41. The van der Waals surface area contributed by atoms with Crippen LogP contribution in [0.15, 0.2) is 24.3 Å². The first kappa shape index (κ1) is 13.5. The van der Waals surface area contributed by atoms with Gasteiger partial charge in [-0.2, -0.15) is 0 Å². The second-order valence-electron chi connectivity index (χ2n) is 6.13. The minimum absolute atomic E-state index is 0.0552. The first-order valence-electron chi connectivity index (χ1n) is 7.24. The van der Waals surface area contributed by atoms with Gasteiger partial charge in [-0.25, -0.2) is 0 Å². The third-order valence-corrected chi connectivity index (χ3v) is 4.64. The Bertz CT molecular complexity index is 492. The molecule has 2 saturated carbocycles. The molecule has 0 heterocycles. The standard InChI is InChI=1S/C15H20N2O3/c18-14(11-1-5-13(6-2-11)17(19)20)9-16-10-15(7-8-15)12-3-4-12/h1-2,5-6,12,14,16,18H,3-4,7-10H2. The molecule has 5 heteroatoms. The Morgan fingerprint density at radius 1 is 1.35 bits per heavy atom. The van der Waals surface area contributed by atoms with E-state index in [0.717, 1.165) is 18.0 Å². The summed E-state index contributed by atoms with van der Waals surface area (Å²) in [6.07, 6.45) is 4.77. The van der Waals surface area contributed by atoms with E-state index < -0.39 is 11.0 Å². The van der Waals surface area contributed by atoms with Gasteiger partial charge in [0.25, 0.3) is 5.69 Å². The van der Waals surface area contributed by atoms with Crippen LogP contribution in [-0.4, -0.2) is 23.1 Å². The number of aliphatic hydroxyl groups excluding tert-OH is 1. The van der Waals surface area contributed by atoms with Gasteiger partial charge in [0.1, 0.15) is 0 Å². The van der Waals surface area contributed by atoms with E-state index in [1.165, 1.54) is 37.8 Å². The molecular weight excluding hydrogens is 256 g/mol. The zero-order valence-corrected chi connectivity index (χ0v) is 11.4. The highest BCUT2D eigenvalue weighted by Gasteiger charge is 2.53. The Balaban J connectivity index is 1.48. The van der Waals surface area contributed by atoms with Crippen LogP contribution in [0.1, 0.15) is 37.4 Å². The lowest BCUT2D eigenvalue weighted by atomic mass is 10.0. The molecule has 0 aromatic heterocycles. The minimum Gasteiger partial charge on any atom is -0.387 e. The molecule has 108 valence electrons. The molecule has 3 rings (SSSR count). The number of nitro benzene ring substituents is 1. The van der Waals surface area contributed by atoms with Crippen molar-refractivity contribution in [2.75, 3.05) is 13.1 Å². The number of rotatable bonds is 7. The van der Waals surface area contributed by atoms with Crippen LogP contribution >= 0.6 is 0 Å². The molecule has 1 atom stereocenters. The molecular formula is C15H20N2O3. The highest BCUT2D eigenvalue weighted by atomic mass is 16.6. The van der Waals surface area contributed by atoms with Crippen LogP contribution in [0.25, 0.3) is 0 Å². The molecule has 5 nitrogen and oxygen atoms in total. The van der Waals surface area contributed by atoms with Gasteiger partial charge in [0.2, 0.25) is 0 Å². The van der Waals surface area contributed by atoms with E-state index in [-0.39, 0.29) is 5.69 Å². The Morgan fingerprint density at radius 2 is 2.00 bits per heavy atom. The monoisotopic (exact) mass is 276 g/mol. The van der Waals surface area contributed by atoms with Gasteiger partial charge in [0.15, 0.2) is 0 Å². The molecule has 1 aromatic carbocycles. The number of nitro groups is 1. The van der Waals surface area contributed by atoms with Crippen LogP contribution in [0.2, 0.25) is 0 Å². The third kappa shape index (κ3) is 2.83. The van der Waals surface area contributed by atoms with Crippen molar-refractivity contribution in [3.8, 4) is 0 Å². The number of benzene rings is 1. The zero-order chi connectivity index (χ0) is 14.2. The number of nitrogens with zero attached hydrogens (tertiary/aromatic N) is 1. The van der Waals surface area contributed by atoms with Crippen molar-refractivity contribution < 1.29 is 10.0 Å². The molecule has 0 saturated heterocycles. The first-order valence-corrected chi connectivity index (χ1v) is 7.24. The lowest BCUT2D eigenvalue weighted by molar-refractivity contribution is -0.384. The van der Waals surface area contributed by atoms with Crippen molar-refractivity contribution in [1.29, 1.82) is 0 Å². The maximum atomic E-state index is 10.6. The lowest BCUT2D eigenvalue weighted by Gasteiger charge is -2.17. The van der Waals surface area contributed by atoms with E-state index in [4.69, 9.17) is 0 Å². The van der Waals surface area contributed by atoms with Crippen molar-refractivity contribution >= 4 is 5.69 Å². The largest absolute Gasteiger partial charge is 0.387 e. The van der Waals surface area contributed by atoms with Crippen LogP contribution in [0.3, 0.4) is 0 Å². The number of hydrogen-bond donors (Lipinski definition) is 2. The van der Waals surface area contributed by atoms with Crippen LogP contribution in [0, 0.1) is 21.4 Å². The van der Waals surface area contributed by atoms with Crippen LogP contribution in [0.4, 0.5) is 5.69 Å². The molecule has 0 bridgehead atoms. The molecule has 1 unspecified atom stereocenters. The third-order valence-electron chi connectivity index (χ3n) is 4.64. The van der Waals surface area contributed by atoms with Crippen molar-refractivity contribution in [1.82, 2.24) is 5.32 Å². The predicted molar refractivity (Wildman–Crippen MR) is 75.3 cm³/mol. The average Bonchev–Trinajstić information content (AvgIpc) is 3.31. The van der Waals surface area contributed by atoms with Crippen molar-refractivity contribution in [2.45, 2.75) is 31.8 Å². The normalized spacial score (nSPS) is 21.4. The topological polar surface area (TPSA) is 75.4 Å². The number of hydrogen-bond acceptors (Lipinski definition) is 4. The molecule has 0 spiro atoms. The first-order chi connectivity index (χ1) is 9.61. The molecule has 2 N–H and O–H groups in total. The van der Waals surface area contributed by atoms with Crippen molar-refractivity contribution in [3.63, 3.8) is 0 Å². The molecule has 2 aliphatic carbocycles. The Kier molecular flexibility index (Phi) is 3.48. The zero-order valence-electron chi connectivity index (χ0n) is 11.4. The summed E-state index contributed by atoms with van der Waals surface area (Å²) in [5.41, 5.74) is 1.30. The Morgan fingerprint density at radius 3 is 2.50 bits per heavy atom. The van der Waals surface area contributed by atoms with Crippen LogP contribution < -0.4 is 5.32 Å². The van der Waals surface area contributed by atoms with Gasteiger partial charge in [0.05, 0.1) is 11.0 Å². The molecule has 1 aromatic rings. The average molecular weight is 276 g/mol. The highest BCUT2D eigenvalue weighted by Crippen LogP contribution is 2.60. The van der Waals surface area contributed by atoms with Gasteiger partial charge in [-0.15, -0.1) is 0 Å². The van der Waals surface area contributed by atoms with E-state index in [1.807, 2.05) is 0 Å². The summed E-state index contributed by atoms with van der Waals surface area (Å²) >= 11 is 0. The second-order valence-corrected chi connectivity index (χ2v) is 6.13. The molecule has 20 heavy (non-hydrogen) atoms. The quantitative estimate of drug-likeness (QED) is 0.592.